The molecule has 1 heterocycles. The molecule has 0 spiro atoms. The van der Waals surface area contributed by atoms with Crippen LogP contribution < -0.4 is 20.4 Å². The fraction of sp³-hybridized carbons (Fsp3) is 0.227. The maximum absolute atomic E-state index is 13.8. The average molecular weight is 426 g/mol. The SMILES string of the molecule is CCN(CC)c1ccc(Nc2cc(N(C)C(=O)Nc3c(F)cccc3F)ncn2)cc1. The number of para-hydroxylation sites is 1. The number of carbonyl (C=O) groups is 1. The van der Waals surface area contributed by atoms with E-state index in [-0.39, 0.29) is 5.82 Å². The van der Waals surface area contributed by atoms with Crippen LogP contribution in [-0.2, 0) is 0 Å². The molecular weight excluding hydrogens is 402 g/mol. The van der Waals surface area contributed by atoms with Gasteiger partial charge in [-0.1, -0.05) is 6.07 Å². The molecule has 0 unspecified atom stereocenters. The Morgan fingerprint density at radius 3 is 2.26 bits per heavy atom. The molecule has 2 amide bonds. The second-order valence-electron chi connectivity index (χ2n) is 6.69. The molecule has 3 aromatic rings. The number of hydrogen-bond acceptors (Lipinski definition) is 5. The first-order valence-corrected chi connectivity index (χ1v) is 9.85. The molecule has 0 aliphatic heterocycles. The van der Waals surface area contributed by atoms with E-state index in [0.717, 1.165) is 41.5 Å². The number of hydrogen-bond donors (Lipinski definition) is 2. The van der Waals surface area contributed by atoms with Crippen LogP contribution in [0.5, 0.6) is 0 Å². The van der Waals surface area contributed by atoms with Crippen LogP contribution in [-0.4, -0.2) is 36.1 Å². The predicted octanol–water partition coefficient (Wildman–Crippen LogP) is 5.01. The Labute approximate surface area is 179 Å². The molecule has 2 N–H and O–H groups in total. The number of anilines is 5. The Balaban J connectivity index is 1.71. The lowest BCUT2D eigenvalue weighted by Crippen LogP contribution is -2.32. The molecule has 0 fully saturated rings. The van der Waals surface area contributed by atoms with Gasteiger partial charge < -0.3 is 15.5 Å². The van der Waals surface area contributed by atoms with E-state index in [1.807, 2.05) is 24.3 Å². The van der Waals surface area contributed by atoms with E-state index < -0.39 is 23.4 Å². The van der Waals surface area contributed by atoms with Crippen molar-refractivity contribution >= 4 is 34.7 Å². The quantitative estimate of drug-likeness (QED) is 0.555. The van der Waals surface area contributed by atoms with Crippen molar-refractivity contribution in [3.8, 4) is 0 Å². The summed E-state index contributed by atoms with van der Waals surface area (Å²) in [6.07, 6.45) is 1.30. The van der Waals surface area contributed by atoms with Crippen molar-refractivity contribution in [2.24, 2.45) is 0 Å². The normalized spacial score (nSPS) is 10.5. The maximum atomic E-state index is 13.8. The van der Waals surface area contributed by atoms with Gasteiger partial charge in [0.2, 0.25) is 0 Å². The van der Waals surface area contributed by atoms with Crippen LogP contribution in [0.3, 0.4) is 0 Å². The second kappa shape index (κ2) is 9.84. The van der Waals surface area contributed by atoms with E-state index >= 15 is 0 Å². The molecule has 0 aliphatic carbocycles. The topological polar surface area (TPSA) is 73.4 Å². The molecule has 9 heteroatoms. The fourth-order valence-electron chi connectivity index (χ4n) is 3.00. The number of halogens is 2. The van der Waals surface area contributed by atoms with Gasteiger partial charge in [-0.15, -0.1) is 0 Å². The lowest BCUT2D eigenvalue weighted by molar-refractivity contribution is 0.257. The van der Waals surface area contributed by atoms with Crippen LogP contribution in [0.25, 0.3) is 0 Å². The smallest absolute Gasteiger partial charge is 0.327 e. The largest absolute Gasteiger partial charge is 0.372 e. The highest BCUT2D eigenvalue weighted by Crippen LogP contribution is 2.23. The molecule has 0 saturated carbocycles. The lowest BCUT2D eigenvalue weighted by atomic mass is 10.2. The van der Waals surface area contributed by atoms with Crippen LogP contribution in [0.1, 0.15) is 13.8 Å². The number of urea groups is 1. The van der Waals surface area contributed by atoms with Crippen molar-refractivity contribution in [3.05, 3.63) is 66.5 Å². The number of rotatable bonds is 7. The molecule has 0 saturated heterocycles. The summed E-state index contributed by atoms with van der Waals surface area (Å²) in [7, 11) is 1.44. The van der Waals surface area contributed by atoms with Gasteiger partial charge in [0.05, 0.1) is 0 Å². The zero-order valence-corrected chi connectivity index (χ0v) is 17.6. The molecule has 1 aromatic heterocycles. The monoisotopic (exact) mass is 426 g/mol. The van der Waals surface area contributed by atoms with E-state index in [9.17, 15) is 13.6 Å². The Morgan fingerprint density at radius 2 is 1.65 bits per heavy atom. The van der Waals surface area contributed by atoms with Gasteiger partial charge in [-0.25, -0.2) is 23.5 Å². The number of benzene rings is 2. The summed E-state index contributed by atoms with van der Waals surface area (Å²) < 4.78 is 27.6. The van der Waals surface area contributed by atoms with Crippen LogP contribution in [0.4, 0.5) is 42.3 Å². The third-order valence-corrected chi connectivity index (χ3v) is 4.76. The summed E-state index contributed by atoms with van der Waals surface area (Å²) in [6.45, 7) is 6.05. The number of nitrogens with zero attached hydrogens (tertiary/aromatic N) is 4. The summed E-state index contributed by atoms with van der Waals surface area (Å²) in [5.41, 5.74) is 1.43. The molecule has 31 heavy (non-hydrogen) atoms. The van der Waals surface area contributed by atoms with Crippen LogP contribution >= 0.6 is 0 Å². The molecular formula is C22H24F2N6O. The van der Waals surface area contributed by atoms with Crippen LogP contribution in [0, 0.1) is 11.6 Å². The number of amides is 2. The minimum atomic E-state index is -0.861. The summed E-state index contributed by atoms with van der Waals surface area (Å²) in [6, 6.07) is 12.1. The standard InChI is InChI=1S/C22H24F2N6O/c1-4-30(5-2)16-11-9-15(10-12-16)27-19-13-20(26-14-25-19)29(3)22(31)28-21-17(23)7-6-8-18(21)24/h6-14H,4-5H2,1-3H3,(H,28,31)(H,25,26,27). The van der Waals surface area contributed by atoms with Gasteiger partial charge in [0, 0.05) is 37.6 Å². The fourth-order valence-corrected chi connectivity index (χ4v) is 3.00. The van der Waals surface area contributed by atoms with E-state index in [2.05, 4.69) is 39.3 Å². The summed E-state index contributed by atoms with van der Waals surface area (Å²) in [5, 5.41) is 5.39. The van der Waals surface area contributed by atoms with Gasteiger partial charge in [0.15, 0.2) is 0 Å². The van der Waals surface area contributed by atoms with Crippen molar-refractivity contribution in [2.45, 2.75) is 13.8 Å². The third-order valence-electron chi connectivity index (χ3n) is 4.76. The minimum Gasteiger partial charge on any atom is -0.372 e. The predicted molar refractivity (Wildman–Crippen MR) is 119 cm³/mol. The van der Waals surface area contributed by atoms with Crippen molar-refractivity contribution < 1.29 is 13.6 Å². The summed E-state index contributed by atoms with van der Waals surface area (Å²) in [5.74, 6) is -0.997. The molecule has 0 radical (unpaired) electrons. The minimum absolute atomic E-state index is 0.256. The third kappa shape index (κ3) is 5.25. The first-order chi connectivity index (χ1) is 14.9. The highest BCUT2D eigenvalue weighted by atomic mass is 19.1. The Morgan fingerprint density at radius 1 is 1.00 bits per heavy atom. The molecule has 2 aromatic carbocycles. The van der Waals surface area contributed by atoms with Crippen LogP contribution in [0.15, 0.2) is 54.9 Å². The molecule has 162 valence electrons. The van der Waals surface area contributed by atoms with Crippen molar-refractivity contribution in [1.29, 1.82) is 0 Å². The first kappa shape index (κ1) is 21.9. The zero-order chi connectivity index (χ0) is 22.4. The first-order valence-electron chi connectivity index (χ1n) is 9.85. The summed E-state index contributed by atoms with van der Waals surface area (Å²) >= 11 is 0. The average Bonchev–Trinajstić information content (AvgIpc) is 2.78. The Kier molecular flexibility index (Phi) is 6.96. The summed E-state index contributed by atoms with van der Waals surface area (Å²) in [4.78, 5) is 24.1. The van der Waals surface area contributed by atoms with Gasteiger partial charge in [-0.3, -0.25) is 4.90 Å². The maximum Gasteiger partial charge on any atom is 0.327 e. The molecule has 3 rings (SSSR count). The second-order valence-corrected chi connectivity index (χ2v) is 6.69. The lowest BCUT2D eigenvalue weighted by Gasteiger charge is -2.21. The van der Waals surface area contributed by atoms with E-state index in [0.29, 0.717) is 5.82 Å². The molecule has 0 bridgehead atoms. The Hall–Kier alpha value is -3.75. The highest BCUT2D eigenvalue weighted by Gasteiger charge is 2.17. The van der Waals surface area contributed by atoms with Gasteiger partial charge >= 0.3 is 6.03 Å². The van der Waals surface area contributed by atoms with E-state index in [1.54, 1.807) is 6.07 Å². The molecule has 0 atom stereocenters. The van der Waals surface area contributed by atoms with Gasteiger partial charge in [0.1, 0.15) is 35.3 Å². The van der Waals surface area contributed by atoms with Gasteiger partial charge in [0.25, 0.3) is 0 Å². The van der Waals surface area contributed by atoms with Crippen molar-refractivity contribution in [3.63, 3.8) is 0 Å². The zero-order valence-electron chi connectivity index (χ0n) is 17.6. The van der Waals surface area contributed by atoms with Crippen molar-refractivity contribution in [1.82, 2.24) is 9.97 Å². The number of aromatic nitrogens is 2. The van der Waals surface area contributed by atoms with E-state index in [1.165, 1.54) is 19.4 Å². The van der Waals surface area contributed by atoms with E-state index in [4.69, 9.17) is 0 Å². The van der Waals surface area contributed by atoms with Gasteiger partial charge in [-0.2, -0.15) is 0 Å². The van der Waals surface area contributed by atoms with Gasteiger partial charge in [-0.05, 0) is 50.2 Å². The highest BCUT2D eigenvalue weighted by molar-refractivity contribution is 6.01. The van der Waals surface area contributed by atoms with Crippen LogP contribution in [0.2, 0.25) is 0 Å². The Bertz CT molecular complexity index is 1020. The molecule has 7 nitrogen and oxygen atoms in total. The number of carbonyl (C=O) groups excluding carboxylic acids is 1. The van der Waals surface area contributed by atoms with Crippen molar-refractivity contribution in [2.75, 3.05) is 40.6 Å². The number of nitrogens with one attached hydrogen (secondary N) is 2. The molecule has 0 aliphatic rings.